The molecule has 0 radical (unpaired) electrons. The number of aryl methyl sites for hydroxylation is 1. The number of likely N-dealkylation sites (tertiary alicyclic amines) is 1. The van der Waals surface area contributed by atoms with E-state index in [4.69, 9.17) is 4.52 Å². The summed E-state index contributed by atoms with van der Waals surface area (Å²) in [5.74, 6) is -0.193. The van der Waals surface area contributed by atoms with Crippen molar-refractivity contribution in [3.63, 3.8) is 0 Å². The minimum atomic E-state index is -1.08. The SMILES string of the molecule is Cc1noc([C@@H]2CCCN2C(=O)N[C@@H](Cc2c[nH]c3ccccc23)C(=O)O)n1. The maximum atomic E-state index is 12.8. The summed E-state index contributed by atoms with van der Waals surface area (Å²) >= 11 is 0. The number of fused-ring (bicyclic) bond motifs is 1. The van der Waals surface area contributed by atoms with Gasteiger partial charge >= 0.3 is 12.0 Å². The molecule has 1 fully saturated rings. The molecule has 1 aromatic carbocycles. The van der Waals surface area contributed by atoms with Crippen LogP contribution in [0.15, 0.2) is 35.0 Å². The minimum Gasteiger partial charge on any atom is -0.480 e. The monoisotopic (exact) mass is 383 g/mol. The fraction of sp³-hybridized carbons (Fsp3) is 0.368. The third-order valence-electron chi connectivity index (χ3n) is 5.04. The molecule has 0 aliphatic carbocycles. The first-order valence-corrected chi connectivity index (χ1v) is 9.18. The molecule has 9 nitrogen and oxygen atoms in total. The fourth-order valence-electron chi connectivity index (χ4n) is 3.67. The lowest BCUT2D eigenvalue weighted by Crippen LogP contribution is -2.48. The first-order valence-electron chi connectivity index (χ1n) is 9.18. The Morgan fingerprint density at radius 3 is 3.00 bits per heavy atom. The lowest BCUT2D eigenvalue weighted by Gasteiger charge is -2.24. The van der Waals surface area contributed by atoms with E-state index in [0.29, 0.717) is 24.7 Å². The number of hydrogen-bond acceptors (Lipinski definition) is 5. The number of aromatic amines is 1. The summed E-state index contributed by atoms with van der Waals surface area (Å²) in [7, 11) is 0. The lowest BCUT2D eigenvalue weighted by atomic mass is 10.1. The second kappa shape index (κ2) is 7.34. The largest absolute Gasteiger partial charge is 0.480 e. The third-order valence-corrected chi connectivity index (χ3v) is 5.04. The van der Waals surface area contributed by atoms with Crippen LogP contribution in [0.2, 0.25) is 0 Å². The molecule has 0 spiro atoms. The van der Waals surface area contributed by atoms with E-state index in [1.165, 1.54) is 0 Å². The van der Waals surface area contributed by atoms with Gasteiger partial charge < -0.3 is 24.8 Å². The summed E-state index contributed by atoms with van der Waals surface area (Å²) in [5, 5.41) is 17.0. The molecule has 0 saturated carbocycles. The van der Waals surface area contributed by atoms with E-state index in [-0.39, 0.29) is 12.5 Å². The molecule has 28 heavy (non-hydrogen) atoms. The van der Waals surface area contributed by atoms with E-state index in [1.54, 1.807) is 18.0 Å². The molecule has 1 aliphatic heterocycles. The van der Waals surface area contributed by atoms with E-state index < -0.39 is 18.0 Å². The maximum absolute atomic E-state index is 12.8. The Bertz CT molecular complexity index is 1010. The van der Waals surface area contributed by atoms with E-state index in [9.17, 15) is 14.7 Å². The van der Waals surface area contributed by atoms with Gasteiger partial charge in [0.1, 0.15) is 12.1 Å². The molecule has 3 aromatic rings. The van der Waals surface area contributed by atoms with Gasteiger partial charge in [0.15, 0.2) is 5.82 Å². The molecule has 3 heterocycles. The number of nitrogens with zero attached hydrogens (tertiary/aromatic N) is 3. The van der Waals surface area contributed by atoms with Gasteiger partial charge in [0, 0.05) is 30.1 Å². The van der Waals surface area contributed by atoms with Gasteiger partial charge in [0.25, 0.3) is 0 Å². The number of rotatable bonds is 5. The number of urea groups is 1. The van der Waals surface area contributed by atoms with E-state index in [0.717, 1.165) is 22.9 Å². The molecule has 1 saturated heterocycles. The van der Waals surface area contributed by atoms with Gasteiger partial charge in [0.2, 0.25) is 5.89 Å². The van der Waals surface area contributed by atoms with Gasteiger partial charge in [-0.1, -0.05) is 23.4 Å². The Labute approximate surface area is 160 Å². The highest BCUT2D eigenvalue weighted by Gasteiger charge is 2.35. The zero-order chi connectivity index (χ0) is 19.7. The van der Waals surface area contributed by atoms with Gasteiger partial charge in [-0.15, -0.1) is 0 Å². The summed E-state index contributed by atoms with van der Waals surface area (Å²) in [6.07, 6.45) is 3.46. The highest BCUT2D eigenvalue weighted by Crippen LogP contribution is 2.31. The van der Waals surface area contributed by atoms with Gasteiger partial charge in [-0.3, -0.25) is 0 Å². The summed E-state index contributed by atoms with van der Waals surface area (Å²) < 4.78 is 5.21. The number of aromatic nitrogens is 3. The van der Waals surface area contributed by atoms with E-state index in [2.05, 4.69) is 20.4 Å². The van der Waals surface area contributed by atoms with Gasteiger partial charge in [-0.05, 0) is 31.4 Å². The number of benzene rings is 1. The quantitative estimate of drug-likeness (QED) is 0.621. The van der Waals surface area contributed by atoms with Crippen LogP contribution in [0.25, 0.3) is 10.9 Å². The second-order valence-corrected chi connectivity index (χ2v) is 6.94. The summed E-state index contributed by atoms with van der Waals surface area (Å²) in [6, 6.07) is 5.85. The maximum Gasteiger partial charge on any atom is 0.326 e. The van der Waals surface area contributed by atoms with Gasteiger partial charge in [-0.2, -0.15) is 4.98 Å². The van der Waals surface area contributed by atoms with Gasteiger partial charge in [0.05, 0.1) is 0 Å². The number of amides is 2. The Morgan fingerprint density at radius 1 is 1.43 bits per heavy atom. The van der Waals surface area contributed by atoms with Crippen LogP contribution in [0.3, 0.4) is 0 Å². The van der Waals surface area contributed by atoms with Crippen molar-refractivity contribution in [3.05, 3.63) is 47.7 Å². The standard InChI is InChI=1S/C19H21N5O4/c1-11-21-17(28-23-11)16-7-4-8-24(16)19(27)22-15(18(25)26)9-12-10-20-14-6-3-2-5-13(12)14/h2-3,5-6,10,15-16,20H,4,7-9H2,1H3,(H,22,27)(H,25,26)/t15-,16-/m0/s1. The van der Waals surface area contributed by atoms with Crippen molar-refractivity contribution in [2.75, 3.05) is 6.54 Å². The normalized spacial score (nSPS) is 17.8. The summed E-state index contributed by atoms with van der Waals surface area (Å²) in [6.45, 7) is 2.23. The van der Waals surface area contributed by atoms with Crippen LogP contribution >= 0.6 is 0 Å². The summed E-state index contributed by atoms with van der Waals surface area (Å²) in [4.78, 5) is 33.5. The molecule has 9 heteroatoms. The van der Waals surface area contributed by atoms with Crippen molar-refractivity contribution in [1.29, 1.82) is 0 Å². The molecule has 2 aromatic heterocycles. The predicted molar refractivity (Wildman–Crippen MR) is 99.7 cm³/mol. The zero-order valence-electron chi connectivity index (χ0n) is 15.4. The van der Waals surface area contributed by atoms with Crippen molar-refractivity contribution < 1.29 is 19.2 Å². The topological polar surface area (TPSA) is 124 Å². The average molecular weight is 383 g/mol. The minimum absolute atomic E-state index is 0.184. The molecular weight excluding hydrogens is 362 g/mol. The van der Waals surface area contributed by atoms with Crippen molar-refractivity contribution in [2.45, 2.75) is 38.3 Å². The number of carboxylic acid groups (broad SMARTS) is 1. The molecule has 2 amide bonds. The number of aliphatic carboxylic acids is 1. The van der Waals surface area contributed by atoms with Crippen LogP contribution in [0.5, 0.6) is 0 Å². The number of para-hydroxylation sites is 1. The fourth-order valence-corrected chi connectivity index (χ4v) is 3.67. The second-order valence-electron chi connectivity index (χ2n) is 6.94. The molecule has 146 valence electrons. The van der Waals surface area contributed by atoms with Gasteiger partial charge in [-0.25, -0.2) is 9.59 Å². The number of hydrogen-bond donors (Lipinski definition) is 3. The average Bonchev–Trinajstić information content (AvgIpc) is 3.40. The van der Waals surface area contributed by atoms with Crippen molar-refractivity contribution >= 4 is 22.9 Å². The number of carboxylic acids is 1. The smallest absolute Gasteiger partial charge is 0.326 e. The van der Waals surface area contributed by atoms with Crippen LogP contribution in [0.1, 0.15) is 36.2 Å². The Balaban J connectivity index is 1.50. The Morgan fingerprint density at radius 2 is 2.25 bits per heavy atom. The Kier molecular flexibility index (Phi) is 4.72. The van der Waals surface area contributed by atoms with E-state index in [1.807, 2.05) is 24.3 Å². The van der Waals surface area contributed by atoms with Crippen molar-refractivity contribution in [2.24, 2.45) is 0 Å². The molecule has 1 aliphatic rings. The number of H-pyrrole nitrogens is 1. The predicted octanol–water partition coefficient (Wildman–Crippen LogP) is 2.40. The molecular formula is C19H21N5O4. The zero-order valence-corrected chi connectivity index (χ0v) is 15.4. The molecule has 2 atom stereocenters. The molecule has 0 unspecified atom stereocenters. The number of carbonyl (C=O) groups excluding carboxylic acids is 1. The van der Waals surface area contributed by atoms with Crippen LogP contribution in [0.4, 0.5) is 4.79 Å². The Hall–Kier alpha value is -3.36. The lowest BCUT2D eigenvalue weighted by molar-refractivity contribution is -0.139. The molecule has 4 rings (SSSR count). The van der Waals surface area contributed by atoms with Crippen LogP contribution in [0, 0.1) is 6.92 Å². The number of carbonyl (C=O) groups is 2. The highest BCUT2D eigenvalue weighted by atomic mass is 16.5. The van der Waals surface area contributed by atoms with Crippen molar-refractivity contribution in [1.82, 2.24) is 25.3 Å². The van der Waals surface area contributed by atoms with Crippen LogP contribution in [-0.4, -0.2) is 49.7 Å². The van der Waals surface area contributed by atoms with E-state index >= 15 is 0 Å². The van der Waals surface area contributed by atoms with Crippen LogP contribution in [-0.2, 0) is 11.2 Å². The number of nitrogens with one attached hydrogen (secondary N) is 2. The molecule has 3 N–H and O–H groups in total. The highest BCUT2D eigenvalue weighted by molar-refractivity contribution is 5.86. The summed E-state index contributed by atoms with van der Waals surface area (Å²) in [5.41, 5.74) is 1.77. The molecule has 0 bridgehead atoms. The first-order chi connectivity index (χ1) is 13.5. The first kappa shape index (κ1) is 18.0. The van der Waals surface area contributed by atoms with Crippen molar-refractivity contribution in [3.8, 4) is 0 Å². The van der Waals surface area contributed by atoms with Crippen LogP contribution < -0.4 is 5.32 Å². The third kappa shape index (κ3) is 3.42.